The SMILES string of the molecule is CCC(O)(CNC1CC1)C1CC1. The Balaban J connectivity index is 1.78. The molecule has 0 aromatic rings. The molecular weight excluding hydrogens is 150 g/mol. The van der Waals surface area contributed by atoms with Gasteiger partial charge in [0, 0.05) is 12.6 Å². The monoisotopic (exact) mass is 169 g/mol. The second-order valence-corrected chi connectivity index (χ2v) is 4.39. The summed E-state index contributed by atoms with van der Waals surface area (Å²) in [6, 6.07) is 0.724. The van der Waals surface area contributed by atoms with Crippen molar-refractivity contribution in [2.75, 3.05) is 6.54 Å². The highest BCUT2D eigenvalue weighted by atomic mass is 16.3. The van der Waals surface area contributed by atoms with Gasteiger partial charge in [-0.1, -0.05) is 6.92 Å². The van der Waals surface area contributed by atoms with Gasteiger partial charge in [-0.15, -0.1) is 0 Å². The van der Waals surface area contributed by atoms with Gasteiger partial charge in [-0.3, -0.25) is 0 Å². The van der Waals surface area contributed by atoms with Crippen LogP contribution in [-0.2, 0) is 0 Å². The summed E-state index contributed by atoms with van der Waals surface area (Å²) in [6.07, 6.45) is 5.99. The molecular formula is C10H19NO. The molecule has 2 nitrogen and oxygen atoms in total. The van der Waals surface area contributed by atoms with Crippen molar-refractivity contribution in [3.8, 4) is 0 Å². The molecule has 2 aliphatic carbocycles. The van der Waals surface area contributed by atoms with Crippen LogP contribution >= 0.6 is 0 Å². The third-order valence-electron chi connectivity index (χ3n) is 3.22. The van der Waals surface area contributed by atoms with E-state index in [1.165, 1.54) is 25.7 Å². The number of nitrogens with one attached hydrogen (secondary N) is 1. The first-order valence-electron chi connectivity index (χ1n) is 5.20. The highest BCUT2D eigenvalue weighted by Gasteiger charge is 2.42. The summed E-state index contributed by atoms with van der Waals surface area (Å²) in [7, 11) is 0. The van der Waals surface area contributed by atoms with Gasteiger partial charge in [0.15, 0.2) is 0 Å². The molecule has 0 saturated heterocycles. The van der Waals surface area contributed by atoms with E-state index in [0.717, 1.165) is 19.0 Å². The fourth-order valence-electron chi connectivity index (χ4n) is 1.79. The summed E-state index contributed by atoms with van der Waals surface area (Å²) in [5.74, 6) is 0.591. The summed E-state index contributed by atoms with van der Waals surface area (Å²) >= 11 is 0. The predicted molar refractivity (Wildman–Crippen MR) is 49.0 cm³/mol. The molecule has 0 spiro atoms. The zero-order valence-electron chi connectivity index (χ0n) is 7.84. The van der Waals surface area contributed by atoms with Crippen molar-refractivity contribution < 1.29 is 5.11 Å². The van der Waals surface area contributed by atoms with Gasteiger partial charge in [0.2, 0.25) is 0 Å². The second-order valence-electron chi connectivity index (χ2n) is 4.39. The Kier molecular flexibility index (Phi) is 2.13. The standard InChI is InChI=1S/C10H19NO/c1-2-10(12,8-3-4-8)7-11-9-5-6-9/h8-9,11-12H,2-7H2,1H3. The van der Waals surface area contributed by atoms with E-state index >= 15 is 0 Å². The Labute approximate surface area is 74.4 Å². The van der Waals surface area contributed by atoms with E-state index in [9.17, 15) is 5.11 Å². The van der Waals surface area contributed by atoms with Crippen molar-refractivity contribution in [3.63, 3.8) is 0 Å². The molecule has 2 saturated carbocycles. The average Bonchev–Trinajstić information content (AvgIpc) is 2.88. The fraction of sp³-hybridized carbons (Fsp3) is 1.00. The number of hydrogen-bond acceptors (Lipinski definition) is 2. The Morgan fingerprint density at radius 1 is 1.33 bits per heavy atom. The van der Waals surface area contributed by atoms with Gasteiger partial charge in [0.1, 0.15) is 0 Å². The maximum Gasteiger partial charge on any atom is 0.0797 e. The Morgan fingerprint density at radius 2 is 2.00 bits per heavy atom. The molecule has 1 unspecified atom stereocenters. The largest absolute Gasteiger partial charge is 0.388 e. The van der Waals surface area contributed by atoms with Gasteiger partial charge in [-0.2, -0.15) is 0 Å². The van der Waals surface area contributed by atoms with Crippen molar-refractivity contribution in [2.45, 2.75) is 50.7 Å². The molecule has 2 N–H and O–H groups in total. The summed E-state index contributed by atoms with van der Waals surface area (Å²) in [5, 5.41) is 13.6. The quantitative estimate of drug-likeness (QED) is 0.650. The average molecular weight is 169 g/mol. The molecule has 0 aliphatic heterocycles. The van der Waals surface area contributed by atoms with E-state index in [4.69, 9.17) is 0 Å². The lowest BCUT2D eigenvalue weighted by Gasteiger charge is -2.27. The maximum atomic E-state index is 10.2. The number of rotatable bonds is 5. The third-order valence-corrected chi connectivity index (χ3v) is 3.22. The van der Waals surface area contributed by atoms with Gasteiger partial charge in [0.25, 0.3) is 0 Å². The van der Waals surface area contributed by atoms with Crippen LogP contribution in [0.3, 0.4) is 0 Å². The van der Waals surface area contributed by atoms with Crippen molar-refractivity contribution in [1.29, 1.82) is 0 Å². The van der Waals surface area contributed by atoms with Crippen molar-refractivity contribution in [2.24, 2.45) is 5.92 Å². The van der Waals surface area contributed by atoms with Crippen LogP contribution in [0, 0.1) is 5.92 Å². The molecule has 70 valence electrons. The molecule has 0 radical (unpaired) electrons. The molecule has 0 amide bonds. The predicted octanol–water partition coefficient (Wildman–Crippen LogP) is 1.29. The van der Waals surface area contributed by atoms with Crippen LogP contribution in [0.5, 0.6) is 0 Å². The maximum absolute atomic E-state index is 10.2. The van der Waals surface area contributed by atoms with Crippen LogP contribution in [0.25, 0.3) is 0 Å². The number of hydrogen-bond donors (Lipinski definition) is 2. The van der Waals surface area contributed by atoms with Crippen molar-refractivity contribution in [3.05, 3.63) is 0 Å². The van der Waals surface area contributed by atoms with E-state index in [-0.39, 0.29) is 5.60 Å². The first-order chi connectivity index (χ1) is 5.74. The zero-order valence-corrected chi connectivity index (χ0v) is 7.84. The molecule has 2 rings (SSSR count). The van der Waals surface area contributed by atoms with Gasteiger partial charge in [-0.05, 0) is 38.0 Å². The van der Waals surface area contributed by atoms with Gasteiger partial charge in [0.05, 0.1) is 5.60 Å². The van der Waals surface area contributed by atoms with E-state index in [1.54, 1.807) is 0 Å². The molecule has 2 heteroatoms. The molecule has 0 aromatic carbocycles. The molecule has 2 aliphatic rings. The molecule has 0 heterocycles. The van der Waals surface area contributed by atoms with Crippen molar-refractivity contribution >= 4 is 0 Å². The van der Waals surface area contributed by atoms with Gasteiger partial charge in [-0.25, -0.2) is 0 Å². The minimum atomic E-state index is -0.386. The van der Waals surface area contributed by atoms with E-state index < -0.39 is 0 Å². The highest BCUT2D eigenvalue weighted by Crippen LogP contribution is 2.41. The van der Waals surface area contributed by atoms with Crippen molar-refractivity contribution in [1.82, 2.24) is 5.32 Å². The lowest BCUT2D eigenvalue weighted by atomic mass is 9.94. The third kappa shape index (κ3) is 1.80. The lowest BCUT2D eigenvalue weighted by molar-refractivity contribution is 0.0139. The minimum Gasteiger partial charge on any atom is -0.388 e. The normalized spacial score (nSPS) is 28.5. The van der Waals surface area contributed by atoms with Crippen LogP contribution in [-0.4, -0.2) is 23.3 Å². The molecule has 1 atom stereocenters. The summed E-state index contributed by atoms with van der Waals surface area (Å²) in [5.41, 5.74) is -0.386. The van der Waals surface area contributed by atoms with Gasteiger partial charge < -0.3 is 10.4 Å². The van der Waals surface area contributed by atoms with Crippen LogP contribution in [0.1, 0.15) is 39.0 Å². The summed E-state index contributed by atoms with van der Waals surface area (Å²) in [4.78, 5) is 0. The Morgan fingerprint density at radius 3 is 2.42 bits per heavy atom. The van der Waals surface area contributed by atoms with Crippen LogP contribution in [0.4, 0.5) is 0 Å². The summed E-state index contributed by atoms with van der Waals surface area (Å²) in [6.45, 7) is 2.91. The van der Waals surface area contributed by atoms with E-state index in [1.807, 2.05) is 0 Å². The fourth-order valence-corrected chi connectivity index (χ4v) is 1.79. The lowest BCUT2D eigenvalue weighted by Crippen LogP contribution is -2.42. The zero-order chi connectivity index (χ0) is 8.60. The minimum absolute atomic E-state index is 0.386. The van der Waals surface area contributed by atoms with Crippen LogP contribution in [0.15, 0.2) is 0 Å². The number of aliphatic hydroxyl groups is 1. The van der Waals surface area contributed by atoms with Crippen LogP contribution < -0.4 is 5.32 Å². The Bertz CT molecular complexity index is 163. The Hall–Kier alpha value is -0.0800. The van der Waals surface area contributed by atoms with E-state index in [0.29, 0.717) is 5.92 Å². The smallest absolute Gasteiger partial charge is 0.0797 e. The van der Waals surface area contributed by atoms with Crippen LogP contribution in [0.2, 0.25) is 0 Å². The second kappa shape index (κ2) is 3.00. The van der Waals surface area contributed by atoms with E-state index in [2.05, 4.69) is 12.2 Å². The highest BCUT2D eigenvalue weighted by molar-refractivity contribution is 4.97. The molecule has 2 fully saturated rings. The molecule has 0 bridgehead atoms. The first kappa shape index (κ1) is 8.52. The molecule has 12 heavy (non-hydrogen) atoms. The van der Waals surface area contributed by atoms with Gasteiger partial charge >= 0.3 is 0 Å². The molecule has 0 aromatic heterocycles. The summed E-state index contributed by atoms with van der Waals surface area (Å²) < 4.78 is 0. The topological polar surface area (TPSA) is 32.3 Å². The first-order valence-corrected chi connectivity index (χ1v) is 5.20.